The number of rotatable bonds is 7. The van der Waals surface area contributed by atoms with Gasteiger partial charge in [-0.25, -0.2) is 4.79 Å². The lowest BCUT2D eigenvalue weighted by atomic mass is 10.2. The van der Waals surface area contributed by atoms with Gasteiger partial charge in [0.1, 0.15) is 5.75 Å². The molecular weight excluding hydrogens is 316 g/mol. The van der Waals surface area contributed by atoms with Gasteiger partial charge in [0.25, 0.3) is 0 Å². The summed E-state index contributed by atoms with van der Waals surface area (Å²) in [6.45, 7) is 5.90. The molecule has 1 aromatic rings. The summed E-state index contributed by atoms with van der Waals surface area (Å²) in [5.41, 5.74) is 0.942. The number of carbonyl (C=O) groups excluding carboxylic acids is 1. The minimum Gasteiger partial charge on any atom is -0.382 e. The molecule has 23 heavy (non-hydrogen) atoms. The molecule has 7 heteroatoms. The van der Waals surface area contributed by atoms with Gasteiger partial charge in [0.15, 0.2) is 0 Å². The quantitative estimate of drug-likeness (QED) is 0.774. The van der Waals surface area contributed by atoms with Gasteiger partial charge in [-0.05, 0) is 51.3 Å². The van der Waals surface area contributed by atoms with Crippen LogP contribution in [0.15, 0.2) is 24.3 Å². The van der Waals surface area contributed by atoms with Gasteiger partial charge in [-0.1, -0.05) is 12.1 Å². The molecule has 0 saturated heterocycles. The Hall–Kier alpha value is -1.76. The number of carbonyl (C=O) groups is 1. The molecule has 0 aliphatic heterocycles. The summed E-state index contributed by atoms with van der Waals surface area (Å²) in [7, 11) is -3.51. The summed E-state index contributed by atoms with van der Waals surface area (Å²) in [5.74, 6) is 0.222. The molecule has 6 nitrogen and oxygen atoms in total. The van der Waals surface area contributed by atoms with Crippen molar-refractivity contribution < 1.29 is 17.4 Å². The second-order valence-electron chi connectivity index (χ2n) is 6.04. The van der Waals surface area contributed by atoms with Crippen molar-refractivity contribution >= 4 is 16.1 Å². The first-order chi connectivity index (χ1) is 10.8. The van der Waals surface area contributed by atoms with Crippen LogP contribution in [0.1, 0.15) is 39.2 Å². The fourth-order valence-electron chi connectivity index (χ4n) is 2.14. The van der Waals surface area contributed by atoms with Crippen LogP contribution in [0.3, 0.4) is 0 Å². The molecule has 1 aliphatic carbocycles. The molecule has 1 N–H and O–H groups in total. The summed E-state index contributed by atoms with van der Waals surface area (Å²) in [6.07, 6.45) is 2.06. The second-order valence-corrected chi connectivity index (χ2v) is 7.90. The smallest absolute Gasteiger partial charge is 0.318 e. The van der Waals surface area contributed by atoms with E-state index in [0.717, 1.165) is 18.4 Å². The fourth-order valence-corrected chi connectivity index (χ4v) is 2.66. The molecule has 1 aromatic carbocycles. The summed E-state index contributed by atoms with van der Waals surface area (Å²) < 4.78 is 27.8. The molecule has 1 aliphatic rings. The summed E-state index contributed by atoms with van der Waals surface area (Å²) in [5, 5.41) is 2.92. The van der Waals surface area contributed by atoms with Gasteiger partial charge < -0.3 is 14.4 Å². The predicted molar refractivity (Wildman–Crippen MR) is 88.8 cm³/mol. The Morgan fingerprint density at radius 1 is 1.30 bits per heavy atom. The van der Waals surface area contributed by atoms with Crippen LogP contribution in [0.4, 0.5) is 4.79 Å². The average Bonchev–Trinajstić information content (AvgIpc) is 3.30. The molecule has 2 amide bonds. The first-order valence-electron chi connectivity index (χ1n) is 7.89. The topological polar surface area (TPSA) is 75.7 Å². The molecular formula is C16H24N2O4S. The van der Waals surface area contributed by atoms with Crippen LogP contribution in [-0.4, -0.2) is 37.2 Å². The molecule has 0 heterocycles. The van der Waals surface area contributed by atoms with Gasteiger partial charge in [0.05, 0.1) is 5.75 Å². The van der Waals surface area contributed by atoms with Crippen molar-refractivity contribution in [2.75, 3.05) is 5.75 Å². The summed E-state index contributed by atoms with van der Waals surface area (Å²) in [6, 6.07) is 7.15. The van der Waals surface area contributed by atoms with E-state index in [2.05, 4.69) is 5.32 Å². The number of hydrogen-bond acceptors (Lipinski definition) is 4. The molecule has 1 saturated carbocycles. The number of hydrogen-bond donors (Lipinski definition) is 1. The highest BCUT2D eigenvalue weighted by atomic mass is 32.2. The van der Waals surface area contributed by atoms with Crippen molar-refractivity contribution in [3.05, 3.63) is 29.8 Å². The van der Waals surface area contributed by atoms with E-state index in [1.54, 1.807) is 24.3 Å². The zero-order valence-corrected chi connectivity index (χ0v) is 14.6. The van der Waals surface area contributed by atoms with Crippen molar-refractivity contribution in [1.82, 2.24) is 10.2 Å². The first-order valence-corrected chi connectivity index (χ1v) is 9.46. The molecule has 0 spiro atoms. The zero-order chi connectivity index (χ0) is 17.0. The van der Waals surface area contributed by atoms with E-state index in [9.17, 15) is 13.2 Å². The van der Waals surface area contributed by atoms with Crippen LogP contribution >= 0.6 is 0 Å². The van der Waals surface area contributed by atoms with E-state index in [1.165, 1.54) is 6.92 Å². The SMILES string of the molecule is CCS(=O)(=O)Oc1ccc(CN(C(=O)NC(C)C)C2CC2)cc1. The monoisotopic (exact) mass is 340 g/mol. The Morgan fingerprint density at radius 3 is 2.39 bits per heavy atom. The maximum Gasteiger partial charge on any atom is 0.318 e. The highest BCUT2D eigenvalue weighted by Gasteiger charge is 2.32. The molecule has 0 bridgehead atoms. The number of amides is 2. The van der Waals surface area contributed by atoms with Gasteiger partial charge in [0, 0.05) is 18.6 Å². The standard InChI is InChI=1S/C16H24N2O4S/c1-4-23(20,21)22-15-9-5-13(6-10-15)11-18(14-7-8-14)16(19)17-12(2)3/h5-6,9-10,12,14H,4,7-8,11H2,1-3H3,(H,17,19). The van der Waals surface area contributed by atoms with Gasteiger partial charge >= 0.3 is 16.1 Å². The van der Waals surface area contributed by atoms with Crippen LogP contribution in [0.2, 0.25) is 0 Å². The van der Waals surface area contributed by atoms with Gasteiger partial charge in [0.2, 0.25) is 0 Å². The van der Waals surface area contributed by atoms with Gasteiger partial charge in [-0.2, -0.15) is 8.42 Å². The third-order valence-corrected chi connectivity index (χ3v) is 4.67. The van der Waals surface area contributed by atoms with Crippen LogP contribution in [0.25, 0.3) is 0 Å². The minimum absolute atomic E-state index is 0.0589. The lowest BCUT2D eigenvalue weighted by Gasteiger charge is -2.24. The summed E-state index contributed by atoms with van der Waals surface area (Å²) in [4.78, 5) is 14.1. The fraction of sp³-hybridized carbons (Fsp3) is 0.562. The largest absolute Gasteiger partial charge is 0.382 e. The third kappa shape index (κ3) is 5.42. The average molecular weight is 340 g/mol. The molecule has 1 fully saturated rings. The molecule has 0 unspecified atom stereocenters. The predicted octanol–water partition coefficient (Wildman–Crippen LogP) is 2.50. The van der Waals surface area contributed by atoms with E-state index in [0.29, 0.717) is 18.3 Å². The van der Waals surface area contributed by atoms with Crippen LogP contribution in [0.5, 0.6) is 5.75 Å². The highest BCUT2D eigenvalue weighted by molar-refractivity contribution is 7.87. The number of nitrogens with one attached hydrogen (secondary N) is 1. The Kier molecular flexibility index (Phi) is 5.51. The van der Waals surface area contributed by atoms with Crippen molar-refractivity contribution in [2.24, 2.45) is 0 Å². The van der Waals surface area contributed by atoms with E-state index >= 15 is 0 Å². The van der Waals surface area contributed by atoms with E-state index < -0.39 is 10.1 Å². The lowest BCUT2D eigenvalue weighted by Crippen LogP contribution is -2.43. The van der Waals surface area contributed by atoms with Crippen molar-refractivity contribution in [2.45, 2.75) is 52.2 Å². The first kappa shape index (κ1) is 17.6. The molecule has 0 radical (unpaired) electrons. The van der Waals surface area contributed by atoms with Crippen LogP contribution in [0, 0.1) is 0 Å². The number of urea groups is 1. The van der Waals surface area contributed by atoms with Gasteiger partial charge in [-0.3, -0.25) is 0 Å². The maximum absolute atomic E-state index is 12.2. The second kappa shape index (κ2) is 7.21. The van der Waals surface area contributed by atoms with Crippen LogP contribution in [-0.2, 0) is 16.7 Å². The van der Waals surface area contributed by atoms with E-state index in [1.807, 2.05) is 18.7 Å². The van der Waals surface area contributed by atoms with Crippen molar-refractivity contribution in [3.63, 3.8) is 0 Å². The van der Waals surface area contributed by atoms with Crippen molar-refractivity contribution in [1.29, 1.82) is 0 Å². The Morgan fingerprint density at radius 2 is 1.91 bits per heavy atom. The number of benzene rings is 1. The number of nitrogens with zero attached hydrogens (tertiary/aromatic N) is 1. The third-order valence-electron chi connectivity index (χ3n) is 3.51. The maximum atomic E-state index is 12.2. The lowest BCUT2D eigenvalue weighted by molar-refractivity contribution is 0.189. The molecule has 0 atom stereocenters. The van der Waals surface area contributed by atoms with Crippen LogP contribution < -0.4 is 9.50 Å². The molecule has 128 valence electrons. The zero-order valence-electron chi connectivity index (χ0n) is 13.8. The van der Waals surface area contributed by atoms with Crippen molar-refractivity contribution in [3.8, 4) is 5.75 Å². The van der Waals surface area contributed by atoms with E-state index in [-0.39, 0.29) is 17.8 Å². The normalized spacial score (nSPS) is 14.6. The molecule has 0 aromatic heterocycles. The van der Waals surface area contributed by atoms with Gasteiger partial charge in [-0.15, -0.1) is 0 Å². The van der Waals surface area contributed by atoms with E-state index in [4.69, 9.17) is 4.18 Å². The Bertz CT molecular complexity index is 637. The summed E-state index contributed by atoms with van der Waals surface area (Å²) >= 11 is 0. The Labute approximate surface area is 137 Å². The Balaban J connectivity index is 2.02. The highest BCUT2D eigenvalue weighted by Crippen LogP contribution is 2.28. The minimum atomic E-state index is -3.51. The molecule has 2 rings (SSSR count).